The molecule has 0 bridgehead atoms. The minimum Gasteiger partial charge on any atom is -0.481 e. The predicted octanol–water partition coefficient (Wildman–Crippen LogP) is 2.66. The Bertz CT molecular complexity index is 171. The lowest BCUT2D eigenvalue weighted by Gasteiger charge is -2.14. The maximum absolute atomic E-state index is 10.6. The SMILES string of the molecule is CCCCNC(C)CCCC(C)C(=O)O. The van der Waals surface area contributed by atoms with Gasteiger partial charge >= 0.3 is 5.97 Å². The fourth-order valence-electron chi connectivity index (χ4n) is 1.48. The summed E-state index contributed by atoms with van der Waals surface area (Å²) in [4.78, 5) is 10.6. The molecule has 0 aromatic rings. The van der Waals surface area contributed by atoms with Gasteiger partial charge in [-0.25, -0.2) is 0 Å². The lowest BCUT2D eigenvalue weighted by Crippen LogP contribution is -2.27. The maximum Gasteiger partial charge on any atom is 0.306 e. The number of hydrogen-bond acceptors (Lipinski definition) is 2. The highest BCUT2D eigenvalue weighted by Crippen LogP contribution is 2.09. The highest BCUT2D eigenvalue weighted by atomic mass is 16.4. The number of hydrogen-bond donors (Lipinski definition) is 2. The van der Waals surface area contributed by atoms with Gasteiger partial charge < -0.3 is 10.4 Å². The molecule has 2 unspecified atom stereocenters. The van der Waals surface area contributed by atoms with E-state index in [1.54, 1.807) is 6.92 Å². The van der Waals surface area contributed by atoms with Crippen molar-refractivity contribution in [3.8, 4) is 0 Å². The third-order valence-electron chi connectivity index (χ3n) is 2.72. The molecule has 2 atom stereocenters. The molecule has 15 heavy (non-hydrogen) atoms. The van der Waals surface area contributed by atoms with E-state index in [2.05, 4.69) is 19.2 Å². The zero-order valence-corrected chi connectivity index (χ0v) is 10.3. The lowest BCUT2D eigenvalue weighted by atomic mass is 10.0. The van der Waals surface area contributed by atoms with E-state index in [1.807, 2.05) is 0 Å². The summed E-state index contributed by atoms with van der Waals surface area (Å²) in [6.45, 7) is 7.20. The number of aliphatic carboxylic acids is 1. The molecular weight excluding hydrogens is 190 g/mol. The zero-order chi connectivity index (χ0) is 11.7. The van der Waals surface area contributed by atoms with Crippen molar-refractivity contribution >= 4 is 5.97 Å². The van der Waals surface area contributed by atoms with Crippen LogP contribution in [0.4, 0.5) is 0 Å². The first-order chi connectivity index (χ1) is 7.07. The summed E-state index contributed by atoms with van der Waals surface area (Å²) in [5.41, 5.74) is 0. The molecule has 0 radical (unpaired) electrons. The molecule has 0 saturated carbocycles. The Labute approximate surface area is 93.3 Å². The van der Waals surface area contributed by atoms with E-state index in [0.29, 0.717) is 6.04 Å². The highest BCUT2D eigenvalue weighted by molar-refractivity contribution is 5.69. The molecule has 0 fully saturated rings. The van der Waals surface area contributed by atoms with Crippen LogP contribution >= 0.6 is 0 Å². The molecule has 0 amide bonds. The summed E-state index contributed by atoms with van der Waals surface area (Å²) in [6, 6.07) is 0.512. The average molecular weight is 215 g/mol. The van der Waals surface area contributed by atoms with Crippen LogP contribution in [0.15, 0.2) is 0 Å². The molecule has 0 aliphatic rings. The Kier molecular flexibility index (Phi) is 8.38. The monoisotopic (exact) mass is 215 g/mol. The van der Waals surface area contributed by atoms with Gasteiger partial charge in [0.1, 0.15) is 0 Å². The van der Waals surface area contributed by atoms with E-state index in [0.717, 1.165) is 25.8 Å². The van der Waals surface area contributed by atoms with Crippen molar-refractivity contribution in [3.05, 3.63) is 0 Å². The molecule has 0 heterocycles. The largest absolute Gasteiger partial charge is 0.481 e. The van der Waals surface area contributed by atoms with Gasteiger partial charge in [0, 0.05) is 6.04 Å². The van der Waals surface area contributed by atoms with Crippen LogP contribution in [0.3, 0.4) is 0 Å². The Morgan fingerprint density at radius 1 is 1.27 bits per heavy atom. The first-order valence-corrected chi connectivity index (χ1v) is 6.04. The Balaban J connectivity index is 3.38. The molecule has 0 aliphatic carbocycles. The van der Waals surface area contributed by atoms with E-state index in [-0.39, 0.29) is 5.92 Å². The molecule has 0 aromatic carbocycles. The van der Waals surface area contributed by atoms with E-state index < -0.39 is 5.97 Å². The van der Waals surface area contributed by atoms with Crippen LogP contribution in [-0.4, -0.2) is 23.7 Å². The van der Waals surface area contributed by atoms with E-state index in [1.165, 1.54) is 12.8 Å². The van der Waals surface area contributed by atoms with Crippen LogP contribution in [0.25, 0.3) is 0 Å². The standard InChI is InChI=1S/C12H25NO2/c1-4-5-9-13-11(3)8-6-7-10(2)12(14)15/h10-11,13H,4-9H2,1-3H3,(H,14,15). The summed E-state index contributed by atoms with van der Waals surface area (Å²) in [7, 11) is 0. The minimum absolute atomic E-state index is 0.201. The van der Waals surface area contributed by atoms with Crippen LogP contribution in [-0.2, 0) is 4.79 Å². The number of nitrogens with one attached hydrogen (secondary N) is 1. The number of carbonyl (C=O) groups is 1. The van der Waals surface area contributed by atoms with E-state index in [9.17, 15) is 4.79 Å². The van der Waals surface area contributed by atoms with Gasteiger partial charge in [-0.15, -0.1) is 0 Å². The first-order valence-electron chi connectivity index (χ1n) is 6.04. The minimum atomic E-state index is -0.679. The second-order valence-electron chi connectivity index (χ2n) is 4.38. The van der Waals surface area contributed by atoms with Crippen molar-refractivity contribution in [2.75, 3.05) is 6.54 Å². The Morgan fingerprint density at radius 2 is 1.93 bits per heavy atom. The average Bonchev–Trinajstić information content (AvgIpc) is 2.18. The van der Waals surface area contributed by atoms with Gasteiger partial charge in [0.15, 0.2) is 0 Å². The van der Waals surface area contributed by atoms with E-state index >= 15 is 0 Å². The van der Waals surface area contributed by atoms with Crippen molar-refractivity contribution < 1.29 is 9.90 Å². The second kappa shape index (κ2) is 8.72. The van der Waals surface area contributed by atoms with Crippen LogP contribution in [0.2, 0.25) is 0 Å². The molecule has 3 nitrogen and oxygen atoms in total. The summed E-state index contributed by atoms with van der Waals surface area (Å²) >= 11 is 0. The summed E-state index contributed by atoms with van der Waals surface area (Å²) < 4.78 is 0. The second-order valence-corrected chi connectivity index (χ2v) is 4.38. The molecular formula is C12H25NO2. The van der Waals surface area contributed by atoms with Crippen molar-refractivity contribution in [2.45, 2.75) is 58.9 Å². The van der Waals surface area contributed by atoms with Gasteiger partial charge in [0.2, 0.25) is 0 Å². The van der Waals surface area contributed by atoms with Crippen molar-refractivity contribution in [1.29, 1.82) is 0 Å². The highest BCUT2D eigenvalue weighted by Gasteiger charge is 2.10. The predicted molar refractivity (Wildman–Crippen MR) is 63.0 cm³/mol. The maximum atomic E-state index is 10.6. The van der Waals surface area contributed by atoms with Crippen molar-refractivity contribution in [1.82, 2.24) is 5.32 Å². The quantitative estimate of drug-likeness (QED) is 0.581. The van der Waals surface area contributed by atoms with Gasteiger partial charge in [-0.2, -0.15) is 0 Å². The van der Waals surface area contributed by atoms with Crippen molar-refractivity contribution in [2.24, 2.45) is 5.92 Å². The van der Waals surface area contributed by atoms with Crippen LogP contribution in [0.1, 0.15) is 52.9 Å². The number of rotatable bonds is 9. The number of carboxylic acids is 1. The molecule has 0 aromatic heterocycles. The molecule has 0 rings (SSSR count). The van der Waals surface area contributed by atoms with Gasteiger partial charge in [-0.3, -0.25) is 4.79 Å². The fourth-order valence-corrected chi connectivity index (χ4v) is 1.48. The van der Waals surface area contributed by atoms with Gasteiger partial charge in [-0.1, -0.05) is 26.7 Å². The molecule has 3 heteroatoms. The van der Waals surface area contributed by atoms with Crippen LogP contribution < -0.4 is 5.32 Å². The zero-order valence-electron chi connectivity index (χ0n) is 10.3. The van der Waals surface area contributed by atoms with Crippen molar-refractivity contribution in [3.63, 3.8) is 0 Å². The third kappa shape index (κ3) is 8.43. The summed E-state index contributed by atoms with van der Waals surface area (Å²) in [6.07, 6.45) is 5.29. The van der Waals surface area contributed by atoms with Gasteiger partial charge in [0.05, 0.1) is 5.92 Å². The number of carboxylic acid groups (broad SMARTS) is 1. The molecule has 0 saturated heterocycles. The smallest absolute Gasteiger partial charge is 0.306 e. The molecule has 90 valence electrons. The summed E-state index contributed by atoms with van der Waals surface area (Å²) in [5.74, 6) is -0.880. The van der Waals surface area contributed by atoms with Crippen LogP contribution in [0.5, 0.6) is 0 Å². The normalized spacial score (nSPS) is 14.9. The molecule has 0 aliphatic heterocycles. The van der Waals surface area contributed by atoms with Gasteiger partial charge in [0.25, 0.3) is 0 Å². The summed E-state index contributed by atoms with van der Waals surface area (Å²) in [5, 5.41) is 12.1. The number of unbranched alkanes of at least 4 members (excludes halogenated alkanes) is 1. The first kappa shape index (κ1) is 14.4. The van der Waals surface area contributed by atoms with E-state index in [4.69, 9.17) is 5.11 Å². The Morgan fingerprint density at radius 3 is 2.47 bits per heavy atom. The van der Waals surface area contributed by atoms with Gasteiger partial charge in [-0.05, 0) is 32.7 Å². The fraction of sp³-hybridized carbons (Fsp3) is 0.917. The topological polar surface area (TPSA) is 49.3 Å². The molecule has 2 N–H and O–H groups in total. The third-order valence-corrected chi connectivity index (χ3v) is 2.72. The van der Waals surface area contributed by atoms with Crippen LogP contribution in [0, 0.1) is 5.92 Å². The Hall–Kier alpha value is -0.570. The molecule has 0 spiro atoms. The lowest BCUT2D eigenvalue weighted by molar-refractivity contribution is -0.141.